The minimum atomic E-state index is 0.161. The van der Waals surface area contributed by atoms with Gasteiger partial charge in [0, 0.05) is 19.1 Å². The molecule has 2 rings (SSSR count). The molecule has 0 radical (unpaired) electrons. The summed E-state index contributed by atoms with van der Waals surface area (Å²) in [6.07, 6.45) is 2.33. The molecule has 3 N–H and O–H groups in total. The van der Waals surface area contributed by atoms with Crippen LogP contribution < -0.4 is 5.73 Å². The van der Waals surface area contributed by atoms with Gasteiger partial charge in [0.25, 0.3) is 0 Å². The summed E-state index contributed by atoms with van der Waals surface area (Å²) in [7, 11) is 0. The number of fused-ring (bicyclic) bond motifs is 1. The molecule has 19 heavy (non-hydrogen) atoms. The fraction of sp³-hybridized carbons (Fsp3) is 0.533. The molecule has 4 heteroatoms. The topological polar surface area (TPSA) is 56.4 Å². The van der Waals surface area contributed by atoms with E-state index in [4.69, 9.17) is 11.1 Å². The molecule has 0 bridgehead atoms. The highest BCUT2D eigenvalue weighted by Crippen LogP contribution is 2.36. The Kier molecular flexibility index (Phi) is 4.43. The van der Waals surface area contributed by atoms with Crippen molar-refractivity contribution in [1.82, 2.24) is 9.80 Å². The van der Waals surface area contributed by atoms with Crippen molar-refractivity contribution in [2.45, 2.75) is 39.3 Å². The highest BCUT2D eigenvalue weighted by atomic mass is 15.4. The maximum atomic E-state index is 7.62. The van der Waals surface area contributed by atoms with Gasteiger partial charge in [0.05, 0.1) is 6.67 Å². The van der Waals surface area contributed by atoms with Crippen LogP contribution in [0.1, 0.15) is 43.9 Å². The van der Waals surface area contributed by atoms with E-state index in [1.165, 1.54) is 17.5 Å². The molecular formula is C15H24N4. The van der Waals surface area contributed by atoms with Crippen molar-refractivity contribution >= 4 is 5.96 Å². The second kappa shape index (κ2) is 6.06. The molecule has 0 aliphatic carbocycles. The number of rotatable bonds is 5. The van der Waals surface area contributed by atoms with Crippen LogP contribution in [0.4, 0.5) is 0 Å². The van der Waals surface area contributed by atoms with Gasteiger partial charge in [0.2, 0.25) is 0 Å². The molecule has 1 aromatic rings. The van der Waals surface area contributed by atoms with Crippen LogP contribution in [-0.4, -0.2) is 29.0 Å². The van der Waals surface area contributed by atoms with Crippen molar-refractivity contribution in [2.24, 2.45) is 5.73 Å². The Bertz CT molecular complexity index is 444. The van der Waals surface area contributed by atoms with E-state index in [-0.39, 0.29) is 5.96 Å². The number of nitrogens with one attached hydrogen (secondary N) is 1. The first kappa shape index (κ1) is 13.9. The van der Waals surface area contributed by atoms with E-state index in [1.807, 2.05) is 11.8 Å². The van der Waals surface area contributed by atoms with Gasteiger partial charge in [0.1, 0.15) is 0 Å². The van der Waals surface area contributed by atoms with Gasteiger partial charge in [0.15, 0.2) is 5.96 Å². The third-order valence-corrected chi connectivity index (χ3v) is 3.87. The van der Waals surface area contributed by atoms with E-state index in [9.17, 15) is 0 Å². The number of hydrogen-bond donors (Lipinski definition) is 2. The SMILES string of the molecule is CCCC1c2ccccc2CN1CN(CC)C(=N)N. The molecule has 1 heterocycles. The van der Waals surface area contributed by atoms with Crippen LogP contribution in [0.15, 0.2) is 24.3 Å². The smallest absolute Gasteiger partial charge is 0.189 e. The molecule has 0 amide bonds. The lowest BCUT2D eigenvalue weighted by Gasteiger charge is -2.31. The summed E-state index contributed by atoms with van der Waals surface area (Å²) in [6, 6.07) is 9.14. The van der Waals surface area contributed by atoms with E-state index in [1.54, 1.807) is 0 Å². The molecule has 0 saturated heterocycles. The number of guanidine groups is 1. The Morgan fingerprint density at radius 2 is 2.16 bits per heavy atom. The molecule has 1 aliphatic heterocycles. The predicted octanol–water partition coefficient (Wildman–Crippen LogP) is 2.52. The fourth-order valence-electron chi connectivity index (χ4n) is 2.85. The minimum Gasteiger partial charge on any atom is -0.370 e. The van der Waals surface area contributed by atoms with Gasteiger partial charge in [-0.1, -0.05) is 37.6 Å². The highest BCUT2D eigenvalue weighted by Gasteiger charge is 2.30. The number of benzene rings is 1. The van der Waals surface area contributed by atoms with E-state index < -0.39 is 0 Å². The van der Waals surface area contributed by atoms with Gasteiger partial charge in [-0.25, -0.2) is 0 Å². The molecule has 0 saturated carbocycles. The summed E-state index contributed by atoms with van der Waals surface area (Å²) < 4.78 is 0. The van der Waals surface area contributed by atoms with Crippen molar-refractivity contribution in [3.8, 4) is 0 Å². The van der Waals surface area contributed by atoms with E-state index in [0.717, 1.165) is 26.2 Å². The van der Waals surface area contributed by atoms with Crippen molar-refractivity contribution in [2.75, 3.05) is 13.2 Å². The third kappa shape index (κ3) is 2.89. The molecule has 1 atom stereocenters. The van der Waals surface area contributed by atoms with E-state index in [0.29, 0.717) is 6.04 Å². The Labute approximate surface area is 115 Å². The van der Waals surface area contributed by atoms with Crippen LogP contribution in [0.2, 0.25) is 0 Å². The Morgan fingerprint density at radius 1 is 1.42 bits per heavy atom. The molecule has 1 aliphatic rings. The predicted molar refractivity (Wildman–Crippen MR) is 78.8 cm³/mol. The first-order valence-electron chi connectivity index (χ1n) is 7.08. The van der Waals surface area contributed by atoms with Gasteiger partial charge >= 0.3 is 0 Å². The minimum absolute atomic E-state index is 0.161. The van der Waals surface area contributed by atoms with Crippen molar-refractivity contribution in [3.05, 3.63) is 35.4 Å². The summed E-state index contributed by atoms with van der Waals surface area (Å²) in [4.78, 5) is 4.34. The summed E-state index contributed by atoms with van der Waals surface area (Å²) in [6.45, 7) is 6.75. The first-order chi connectivity index (χ1) is 9.17. The van der Waals surface area contributed by atoms with E-state index in [2.05, 4.69) is 36.1 Å². The lowest BCUT2D eigenvalue weighted by Crippen LogP contribution is -2.43. The monoisotopic (exact) mass is 260 g/mol. The van der Waals surface area contributed by atoms with Gasteiger partial charge in [-0.2, -0.15) is 0 Å². The van der Waals surface area contributed by atoms with Crippen LogP contribution in [0, 0.1) is 5.41 Å². The largest absolute Gasteiger partial charge is 0.370 e. The Balaban J connectivity index is 2.16. The van der Waals surface area contributed by atoms with Crippen LogP contribution in [0.5, 0.6) is 0 Å². The summed E-state index contributed by atoms with van der Waals surface area (Å²) >= 11 is 0. The number of nitrogens with two attached hydrogens (primary N) is 1. The zero-order valence-corrected chi connectivity index (χ0v) is 11.9. The molecule has 1 aromatic carbocycles. The summed E-state index contributed by atoms with van der Waals surface area (Å²) in [5, 5.41) is 7.62. The number of nitrogens with zero attached hydrogens (tertiary/aromatic N) is 2. The molecule has 0 aromatic heterocycles. The third-order valence-electron chi connectivity index (χ3n) is 3.87. The van der Waals surface area contributed by atoms with E-state index >= 15 is 0 Å². The highest BCUT2D eigenvalue weighted by molar-refractivity contribution is 5.74. The van der Waals surface area contributed by atoms with Crippen LogP contribution in [0.25, 0.3) is 0 Å². The molecule has 0 fully saturated rings. The van der Waals surface area contributed by atoms with Crippen LogP contribution in [0.3, 0.4) is 0 Å². The molecule has 4 nitrogen and oxygen atoms in total. The number of hydrogen-bond acceptors (Lipinski definition) is 2. The van der Waals surface area contributed by atoms with Gasteiger partial charge in [-0.3, -0.25) is 10.3 Å². The molecule has 1 unspecified atom stereocenters. The zero-order chi connectivity index (χ0) is 13.8. The van der Waals surface area contributed by atoms with Crippen molar-refractivity contribution < 1.29 is 0 Å². The maximum absolute atomic E-state index is 7.62. The molecular weight excluding hydrogens is 236 g/mol. The quantitative estimate of drug-likeness (QED) is 0.632. The second-order valence-electron chi connectivity index (χ2n) is 5.13. The van der Waals surface area contributed by atoms with Crippen LogP contribution in [-0.2, 0) is 6.54 Å². The lowest BCUT2D eigenvalue weighted by molar-refractivity contribution is 0.138. The average molecular weight is 260 g/mol. The molecule has 104 valence electrons. The zero-order valence-electron chi connectivity index (χ0n) is 11.9. The van der Waals surface area contributed by atoms with Crippen molar-refractivity contribution in [3.63, 3.8) is 0 Å². The standard InChI is InChI=1S/C15H24N4/c1-3-7-14-13-9-6-5-8-12(13)10-19(14)11-18(4-2)15(16)17/h5-6,8-9,14H,3-4,7,10-11H2,1-2H3,(H3,16,17). The fourth-order valence-corrected chi connectivity index (χ4v) is 2.85. The van der Waals surface area contributed by atoms with Gasteiger partial charge in [-0.15, -0.1) is 0 Å². The van der Waals surface area contributed by atoms with Gasteiger partial charge < -0.3 is 10.6 Å². The first-order valence-corrected chi connectivity index (χ1v) is 7.08. The summed E-state index contributed by atoms with van der Waals surface area (Å²) in [5.74, 6) is 0.161. The maximum Gasteiger partial charge on any atom is 0.189 e. The van der Waals surface area contributed by atoms with Gasteiger partial charge in [-0.05, 0) is 24.5 Å². The summed E-state index contributed by atoms with van der Waals surface area (Å²) in [5.41, 5.74) is 8.50. The normalized spacial score (nSPS) is 18.3. The second-order valence-corrected chi connectivity index (χ2v) is 5.13. The Morgan fingerprint density at radius 3 is 2.79 bits per heavy atom. The lowest BCUT2D eigenvalue weighted by atomic mass is 10.0. The molecule has 0 spiro atoms. The van der Waals surface area contributed by atoms with Crippen molar-refractivity contribution in [1.29, 1.82) is 5.41 Å². The van der Waals surface area contributed by atoms with Crippen LogP contribution >= 0.6 is 0 Å². The Hall–Kier alpha value is -1.55. The average Bonchev–Trinajstić information content (AvgIpc) is 2.74.